The van der Waals surface area contributed by atoms with E-state index in [0.29, 0.717) is 36.0 Å². The molecule has 0 bridgehead atoms. The average molecular weight is 314 g/mol. The Hall–Kier alpha value is -1.17. The lowest BCUT2D eigenvalue weighted by Gasteiger charge is -2.32. The summed E-state index contributed by atoms with van der Waals surface area (Å²) in [6.45, 7) is 2.78. The summed E-state index contributed by atoms with van der Waals surface area (Å²) in [5.74, 6) is 0.0887. The molecule has 0 radical (unpaired) electrons. The van der Waals surface area contributed by atoms with Crippen molar-refractivity contribution >= 4 is 22.2 Å². The van der Waals surface area contributed by atoms with Gasteiger partial charge in [0, 0.05) is 54.6 Å². The molecule has 0 saturated carbocycles. The number of hydrogen-bond acceptors (Lipinski definition) is 3. The molecule has 0 aliphatic carbocycles. The average Bonchev–Trinajstić information content (AvgIpc) is 2.49. The summed E-state index contributed by atoms with van der Waals surface area (Å²) in [5, 5.41) is 0. The second-order valence-corrected chi connectivity index (χ2v) is 7.33. The number of halogens is 2. The van der Waals surface area contributed by atoms with Crippen LogP contribution < -0.4 is 9.80 Å². The molecule has 2 heterocycles. The van der Waals surface area contributed by atoms with Gasteiger partial charge < -0.3 is 9.80 Å². The van der Waals surface area contributed by atoms with Crippen molar-refractivity contribution in [1.82, 2.24) is 0 Å². The number of anilines is 2. The number of nitrogens with zero attached hydrogens (tertiary/aromatic N) is 2. The third-order valence-corrected chi connectivity index (χ3v) is 5.51. The van der Waals surface area contributed by atoms with Gasteiger partial charge in [0.15, 0.2) is 0 Å². The molecule has 1 aromatic rings. The maximum atomic E-state index is 14.1. The highest BCUT2D eigenvalue weighted by Crippen LogP contribution is 2.31. The Morgan fingerprint density at radius 1 is 0.810 bits per heavy atom. The Morgan fingerprint density at radius 3 is 1.90 bits per heavy atom. The van der Waals surface area contributed by atoms with Crippen LogP contribution >= 0.6 is 0 Å². The second kappa shape index (κ2) is 6.30. The molecule has 21 heavy (non-hydrogen) atoms. The van der Waals surface area contributed by atoms with Crippen molar-refractivity contribution in [3.63, 3.8) is 0 Å². The molecule has 0 atom stereocenters. The monoisotopic (exact) mass is 314 g/mol. The van der Waals surface area contributed by atoms with Crippen LogP contribution in [0.25, 0.3) is 0 Å². The van der Waals surface area contributed by atoms with Gasteiger partial charge in [0.25, 0.3) is 0 Å². The Kier molecular flexibility index (Phi) is 4.42. The summed E-state index contributed by atoms with van der Waals surface area (Å²) in [7, 11) is -0.804. The van der Waals surface area contributed by atoms with Gasteiger partial charge in [-0.15, -0.1) is 0 Å². The molecular formula is C15H20F2N2OS. The molecule has 2 saturated heterocycles. The van der Waals surface area contributed by atoms with E-state index >= 15 is 0 Å². The van der Waals surface area contributed by atoms with Gasteiger partial charge in [-0.1, -0.05) is 0 Å². The molecule has 1 aromatic carbocycles. The Morgan fingerprint density at radius 2 is 1.33 bits per heavy atom. The fourth-order valence-electron chi connectivity index (χ4n) is 3.02. The zero-order chi connectivity index (χ0) is 14.8. The first-order valence-electron chi connectivity index (χ1n) is 7.49. The smallest absolute Gasteiger partial charge is 0.149 e. The van der Waals surface area contributed by atoms with Gasteiger partial charge in [0.05, 0.1) is 11.4 Å². The van der Waals surface area contributed by atoms with Crippen molar-refractivity contribution in [2.24, 2.45) is 0 Å². The maximum absolute atomic E-state index is 14.1. The standard InChI is InChI=1S/C15H20F2N2OS/c16-12-10-13(17)15(19-6-8-21(20)9-7-19)11-14(12)18-4-2-1-3-5-18/h10-11H,1-9H2. The minimum atomic E-state index is -0.804. The van der Waals surface area contributed by atoms with Gasteiger partial charge in [-0.3, -0.25) is 4.21 Å². The van der Waals surface area contributed by atoms with E-state index in [1.54, 1.807) is 6.07 Å². The van der Waals surface area contributed by atoms with E-state index < -0.39 is 22.4 Å². The minimum absolute atomic E-state index is 0.439. The predicted octanol–water partition coefficient (Wildman–Crippen LogP) is 2.52. The lowest BCUT2D eigenvalue weighted by atomic mass is 10.1. The quantitative estimate of drug-likeness (QED) is 0.838. The van der Waals surface area contributed by atoms with Crippen molar-refractivity contribution in [1.29, 1.82) is 0 Å². The van der Waals surface area contributed by atoms with Gasteiger partial charge in [0.1, 0.15) is 11.6 Å². The van der Waals surface area contributed by atoms with E-state index in [-0.39, 0.29) is 0 Å². The van der Waals surface area contributed by atoms with Crippen molar-refractivity contribution in [3.05, 3.63) is 23.8 Å². The third-order valence-electron chi connectivity index (χ3n) is 4.23. The molecule has 116 valence electrons. The highest BCUT2D eigenvalue weighted by molar-refractivity contribution is 7.85. The van der Waals surface area contributed by atoms with Crippen LogP contribution in [0.4, 0.5) is 20.2 Å². The number of benzene rings is 1. The summed E-state index contributed by atoms with van der Waals surface area (Å²) >= 11 is 0. The fraction of sp³-hybridized carbons (Fsp3) is 0.600. The molecule has 0 spiro atoms. The molecule has 0 aromatic heterocycles. The van der Waals surface area contributed by atoms with E-state index in [2.05, 4.69) is 0 Å². The fourth-order valence-corrected chi connectivity index (χ4v) is 4.08. The maximum Gasteiger partial charge on any atom is 0.149 e. The normalized spacial score (nSPS) is 20.9. The summed E-state index contributed by atoms with van der Waals surface area (Å²) in [4.78, 5) is 3.88. The Labute approximate surface area is 126 Å². The predicted molar refractivity (Wildman–Crippen MR) is 82.5 cm³/mol. The number of piperidine rings is 1. The van der Waals surface area contributed by atoms with E-state index in [9.17, 15) is 13.0 Å². The molecular weight excluding hydrogens is 294 g/mol. The molecule has 2 aliphatic rings. The molecule has 0 N–H and O–H groups in total. The van der Waals surface area contributed by atoms with Gasteiger partial charge >= 0.3 is 0 Å². The second-order valence-electron chi connectivity index (χ2n) is 5.64. The van der Waals surface area contributed by atoms with Crippen molar-refractivity contribution in [2.45, 2.75) is 19.3 Å². The number of rotatable bonds is 2. The Bertz CT molecular complexity index is 537. The van der Waals surface area contributed by atoms with Crippen LogP contribution in [-0.4, -0.2) is 41.9 Å². The van der Waals surface area contributed by atoms with Gasteiger partial charge in [0.2, 0.25) is 0 Å². The third kappa shape index (κ3) is 3.20. The van der Waals surface area contributed by atoms with Crippen molar-refractivity contribution in [3.8, 4) is 0 Å². The SMILES string of the molecule is O=S1CCN(c2cc(N3CCCCC3)c(F)cc2F)CC1. The molecule has 3 rings (SSSR count). The zero-order valence-electron chi connectivity index (χ0n) is 12.0. The van der Waals surface area contributed by atoms with E-state index in [0.717, 1.165) is 32.0 Å². The summed E-state index contributed by atoms with van der Waals surface area (Å²) in [6, 6.07) is 2.62. The van der Waals surface area contributed by atoms with Gasteiger partial charge in [-0.05, 0) is 25.3 Å². The van der Waals surface area contributed by atoms with Crippen LogP contribution in [0.1, 0.15) is 19.3 Å². The topological polar surface area (TPSA) is 23.6 Å². The summed E-state index contributed by atoms with van der Waals surface area (Å²) in [6.07, 6.45) is 3.27. The van der Waals surface area contributed by atoms with Crippen LogP contribution in [0, 0.1) is 11.6 Å². The van der Waals surface area contributed by atoms with E-state index in [1.165, 1.54) is 6.42 Å². The molecule has 3 nitrogen and oxygen atoms in total. The lowest BCUT2D eigenvalue weighted by Crippen LogP contribution is -2.38. The highest BCUT2D eigenvalue weighted by atomic mass is 32.2. The lowest BCUT2D eigenvalue weighted by molar-refractivity contribution is 0.546. The van der Waals surface area contributed by atoms with E-state index in [1.807, 2.05) is 9.80 Å². The Balaban J connectivity index is 1.87. The minimum Gasteiger partial charge on any atom is -0.369 e. The van der Waals surface area contributed by atoms with Crippen LogP contribution in [-0.2, 0) is 10.8 Å². The highest BCUT2D eigenvalue weighted by Gasteiger charge is 2.22. The first kappa shape index (κ1) is 14.8. The van der Waals surface area contributed by atoms with Gasteiger partial charge in [-0.2, -0.15) is 0 Å². The van der Waals surface area contributed by atoms with Crippen LogP contribution in [0.15, 0.2) is 12.1 Å². The van der Waals surface area contributed by atoms with Gasteiger partial charge in [-0.25, -0.2) is 8.78 Å². The van der Waals surface area contributed by atoms with Crippen LogP contribution in [0.2, 0.25) is 0 Å². The largest absolute Gasteiger partial charge is 0.369 e. The van der Waals surface area contributed by atoms with Crippen LogP contribution in [0.3, 0.4) is 0 Å². The molecule has 0 unspecified atom stereocenters. The summed E-state index contributed by atoms with van der Waals surface area (Å²) < 4.78 is 39.6. The molecule has 6 heteroatoms. The van der Waals surface area contributed by atoms with Crippen LogP contribution in [0.5, 0.6) is 0 Å². The first-order valence-corrected chi connectivity index (χ1v) is 8.98. The molecule has 2 aliphatic heterocycles. The van der Waals surface area contributed by atoms with Crippen molar-refractivity contribution in [2.75, 3.05) is 47.5 Å². The molecule has 0 amide bonds. The molecule has 2 fully saturated rings. The van der Waals surface area contributed by atoms with E-state index in [4.69, 9.17) is 0 Å². The zero-order valence-corrected chi connectivity index (χ0v) is 12.8. The number of hydrogen-bond donors (Lipinski definition) is 0. The van der Waals surface area contributed by atoms with Crippen molar-refractivity contribution < 1.29 is 13.0 Å². The summed E-state index contributed by atoms with van der Waals surface area (Å²) in [5.41, 5.74) is 0.937. The first-order chi connectivity index (χ1) is 10.1.